The number of nitrogens with one attached hydrogen (secondary N) is 2. The summed E-state index contributed by atoms with van der Waals surface area (Å²) in [6.45, 7) is 5.42. The van der Waals surface area contributed by atoms with Gasteiger partial charge in [0.15, 0.2) is 0 Å². The van der Waals surface area contributed by atoms with Gasteiger partial charge in [0.05, 0.1) is 6.61 Å². The first kappa shape index (κ1) is 20.9. The Morgan fingerprint density at radius 3 is 2.62 bits per heavy atom. The van der Waals surface area contributed by atoms with Gasteiger partial charge in [-0.15, -0.1) is 24.8 Å². The molecule has 1 unspecified atom stereocenters. The van der Waals surface area contributed by atoms with Crippen LogP contribution in [0.3, 0.4) is 0 Å². The molecule has 2 rings (SSSR count). The van der Waals surface area contributed by atoms with E-state index in [2.05, 4.69) is 22.6 Å². The molecule has 126 valence electrons. The Morgan fingerprint density at radius 1 is 1.33 bits per heavy atom. The number of methoxy groups -OCH3 is 1. The number of carbonyl (C=O) groups is 1. The molecule has 1 amide bonds. The molecule has 1 aliphatic carbocycles. The van der Waals surface area contributed by atoms with E-state index in [0.29, 0.717) is 5.41 Å². The second-order valence-corrected chi connectivity index (χ2v) is 5.96. The smallest absolute Gasteiger partial charge is 0.223 e. The SMILES string of the molecule is COCCN(C)CCNC(=O)C1CC12CCNCC2.Cl.Cl. The van der Waals surface area contributed by atoms with Crippen molar-refractivity contribution in [3.8, 4) is 0 Å². The highest BCUT2D eigenvalue weighted by molar-refractivity contribution is 5.85. The van der Waals surface area contributed by atoms with Crippen molar-refractivity contribution in [1.82, 2.24) is 15.5 Å². The number of carbonyl (C=O) groups excluding carboxylic acids is 1. The van der Waals surface area contributed by atoms with Crippen LogP contribution in [-0.4, -0.2) is 64.3 Å². The molecule has 1 saturated heterocycles. The Labute approximate surface area is 140 Å². The maximum atomic E-state index is 12.1. The molecule has 2 fully saturated rings. The van der Waals surface area contributed by atoms with Gasteiger partial charge in [0.25, 0.3) is 0 Å². The molecule has 0 aromatic heterocycles. The van der Waals surface area contributed by atoms with Gasteiger partial charge in [0.2, 0.25) is 5.91 Å². The van der Waals surface area contributed by atoms with Crippen molar-refractivity contribution >= 4 is 30.7 Å². The Balaban J connectivity index is 0.00000200. The predicted molar refractivity (Wildman–Crippen MR) is 89.5 cm³/mol. The van der Waals surface area contributed by atoms with Gasteiger partial charge in [-0.25, -0.2) is 0 Å². The minimum atomic E-state index is 0. The normalized spacial score (nSPS) is 22.3. The molecule has 0 aromatic rings. The zero-order valence-electron chi connectivity index (χ0n) is 13.0. The summed E-state index contributed by atoms with van der Waals surface area (Å²) in [6.07, 6.45) is 3.43. The molecule has 1 aliphatic heterocycles. The molecule has 1 spiro atoms. The number of likely N-dealkylation sites (N-methyl/N-ethyl adjacent to an activating group) is 1. The predicted octanol–water partition coefficient (Wildman–Crippen LogP) is 0.914. The Morgan fingerprint density at radius 2 is 2.00 bits per heavy atom. The summed E-state index contributed by atoms with van der Waals surface area (Å²) in [5, 5.41) is 6.45. The molecule has 5 nitrogen and oxygen atoms in total. The number of hydrogen-bond donors (Lipinski definition) is 2. The van der Waals surface area contributed by atoms with Crippen molar-refractivity contribution in [3.63, 3.8) is 0 Å². The molecule has 1 saturated carbocycles. The third-order valence-corrected chi connectivity index (χ3v) is 4.58. The van der Waals surface area contributed by atoms with Gasteiger partial charge < -0.3 is 20.3 Å². The number of rotatable bonds is 7. The fourth-order valence-corrected chi connectivity index (χ4v) is 3.05. The largest absolute Gasteiger partial charge is 0.383 e. The molecule has 21 heavy (non-hydrogen) atoms. The summed E-state index contributed by atoms with van der Waals surface area (Å²) in [5.74, 6) is 0.543. The van der Waals surface area contributed by atoms with Crippen LogP contribution in [0.25, 0.3) is 0 Å². The minimum Gasteiger partial charge on any atom is -0.383 e. The van der Waals surface area contributed by atoms with Crippen molar-refractivity contribution < 1.29 is 9.53 Å². The zero-order chi connectivity index (χ0) is 13.7. The van der Waals surface area contributed by atoms with Crippen LogP contribution in [-0.2, 0) is 9.53 Å². The summed E-state index contributed by atoms with van der Waals surface area (Å²) in [4.78, 5) is 14.3. The topological polar surface area (TPSA) is 53.6 Å². The number of amides is 1. The van der Waals surface area contributed by atoms with Gasteiger partial charge in [-0.2, -0.15) is 0 Å². The van der Waals surface area contributed by atoms with E-state index in [9.17, 15) is 4.79 Å². The molecule has 0 radical (unpaired) electrons. The Kier molecular flexibility index (Phi) is 9.81. The molecule has 2 aliphatic rings. The van der Waals surface area contributed by atoms with Gasteiger partial charge >= 0.3 is 0 Å². The summed E-state index contributed by atoms with van der Waals surface area (Å²) in [6, 6.07) is 0. The van der Waals surface area contributed by atoms with Crippen LogP contribution in [0.15, 0.2) is 0 Å². The van der Waals surface area contributed by atoms with E-state index in [4.69, 9.17) is 4.74 Å². The number of ether oxygens (including phenoxy) is 1. The van der Waals surface area contributed by atoms with Crippen molar-refractivity contribution in [2.75, 3.05) is 53.5 Å². The molecule has 1 atom stereocenters. The molecule has 7 heteroatoms. The summed E-state index contributed by atoms with van der Waals surface area (Å²) >= 11 is 0. The number of halogens is 2. The zero-order valence-corrected chi connectivity index (χ0v) is 14.7. The lowest BCUT2D eigenvalue weighted by atomic mass is 9.92. The number of hydrogen-bond acceptors (Lipinski definition) is 4. The molecule has 2 N–H and O–H groups in total. The molecule has 0 aromatic carbocycles. The summed E-state index contributed by atoms with van der Waals surface area (Å²) in [7, 11) is 3.76. The molecule has 1 heterocycles. The quantitative estimate of drug-likeness (QED) is 0.722. The maximum Gasteiger partial charge on any atom is 0.223 e. The van der Waals surface area contributed by atoms with Crippen LogP contribution in [0.1, 0.15) is 19.3 Å². The van der Waals surface area contributed by atoms with Crippen LogP contribution >= 0.6 is 24.8 Å². The number of piperidine rings is 1. The van der Waals surface area contributed by atoms with E-state index in [1.165, 1.54) is 12.8 Å². The maximum absolute atomic E-state index is 12.1. The monoisotopic (exact) mass is 341 g/mol. The third-order valence-electron chi connectivity index (χ3n) is 4.58. The fraction of sp³-hybridized carbons (Fsp3) is 0.929. The molecule has 0 bridgehead atoms. The van der Waals surface area contributed by atoms with Crippen LogP contribution in [0.4, 0.5) is 0 Å². The van der Waals surface area contributed by atoms with Gasteiger partial charge in [-0.3, -0.25) is 4.79 Å². The lowest BCUT2D eigenvalue weighted by Crippen LogP contribution is -2.37. The van der Waals surface area contributed by atoms with Crippen LogP contribution in [0.5, 0.6) is 0 Å². The van der Waals surface area contributed by atoms with Crippen LogP contribution in [0, 0.1) is 11.3 Å². The Bertz CT molecular complexity index is 313. The fourth-order valence-electron chi connectivity index (χ4n) is 3.05. The van der Waals surface area contributed by atoms with Crippen molar-refractivity contribution in [2.45, 2.75) is 19.3 Å². The van der Waals surface area contributed by atoms with E-state index < -0.39 is 0 Å². The highest BCUT2D eigenvalue weighted by atomic mass is 35.5. The van der Waals surface area contributed by atoms with Crippen LogP contribution < -0.4 is 10.6 Å². The van der Waals surface area contributed by atoms with E-state index >= 15 is 0 Å². The number of nitrogens with zero attached hydrogens (tertiary/aromatic N) is 1. The first-order valence-corrected chi connectivity index (χ1v) is 7.34. The lowest BCUT2D eigenvalue weighted by molar-refractivity contribution is -0.123. The highest BCUT2D eigenvalue weighted by Crippen LogP contribution is 2.58. The van der Waals surface area contributed by atoms with E-state index in [-0.39, 0.29) is 36.6 Å². The second kappa shape index (κ2) is 9.85. The standard InChI is InChI=1S/C14H27N3O2.2ClH/c1-17(9-10-19-2)8-7-16-13(18)12-11-14(12)3-5-15-6-4-14;;/h12,15H,3-11H2,1-2H3,(H,16,18);2*1H. The van der Waals surface area contributed by atoms with Gasteiger partial charge in [-0.1, -0.05) is 0 Å². The van der Waals surface area contributed by atoms with E-state index in [1.54, 1.807) is 7.11 Å². The average Bonchev–Trinajstić information content (AvgIpc) is 3.10. The molecular weight excluding hydrogens is 313 g/mol. The van der Waals surface area contributed by atoms with Gasteiger partial charge in [-0.05, 0) is 44.8 Å². The highest BCUT2D eigenvalue weighted by Gasteiger charge is 2.57. The van der Waals surface area contributed by atoms with E-state index in [0.717, 1.165) is 45.8 Å². The Hall–Kier alpha value is -0.0700. The average molecular weight is 342 g/mol. The van der Waals surface area contributed by atoms with Crippen molar-refractivity contribution in [2.24, 2.45) is 11.3 Å². The van der Waals surface area contributed by atoms with Crippen molar-refractivity contribution in [1.29, 1.82) is 0 Å². The first-order valence-electron chi connectivity index (χ1n) is 7.34. The summed E-state index contributed by atoms with van der Waals surface area (Å²) < 4.78 is 5.03. The second-order valence-electron chi connectivity index (χ2n) is 5.96. The van der Waals surface area contributed by atoms with Crippen LogP contribution in [0.2, 0.25) is 0 Å². The van der Waals surface area contributed by atoms with Gasteiger partial charge in [0, 0.05) is 32.7 Å². The minimum absolute atomic E-state index is 0. The lowest BCUT2D eigenvalue weighted by Gasteiger charge is -2.23. The van der Waals surface area contributed by atoms with E-state index in [1.807, 2.05) is 0 Å². The summed E-state index contributed by atoms with van der Waals surface area (Å²) in [5.41, 5.74) is 0.345. The third kappa shape index (κ3) is 5.91. The van der Waals surface area contributed by atoms with Crippen molar-refractivity contribution in [3.05, 3.63) is 0 Å². The van der Waals surface area contributed by atoms with Gasteiger partial charge in [0.1, 0.15) is 0 Å². The first-order chi connectivity index (χ1) is 9.18. The molecular formula is C14H29Cl2N3O2.